The average Bonchev–Trinajstić information content (AvgIpc) is 3.03. The van der Waals surface area contributed by atoms with Gasteiger partial charge in [0.25, 0.3) is 11.8 Å². The molecule has 2 aromatic carbocycles. The number of carbonyl (C=O) groups excluding carboxylic acids is 2. The standard InChI is InChI=1S/C20H22N2O5S/c1-2-3-14-4-6-15(7-5-14)16-8-10-17(11-9-16)19(24)22-12-13-28(26,27)20(22)18(23)21-25/h4-11,20,25H,2-3,12-13H2,1H3,(H,21,23)/t20-/m0/s1. The molecule has 2 amide bonds. The van der Waals surface area contributed by atoms with Crippen LogP contribution < -0.4 is 5.48 Å². The Kier molecular flexibility index (Phi) is 5.81. The van der Waals surface area contributed by atoms with Crippen molar-refractivity contribution in [3.63, 3.8) is 0 Å². The number of nitrogens with zero attached hydrogens (tertiary/aromatic N) is 1. The fraction of sp³-hybridized carbons (Fsp3) is 0.300. The highest BCUT2D eigenvalue weighted by Gasteiger charge is 2.46. The molecule has 1 saturated heterocycles. The van der Waals surface area contributed by atoms with E-state index in [0.29, 0.717) is 0 Å². The second-order valence-electron chi connectivity index (χ2n) is 6.72. The molecule has 8 heteroatoms. The SMILES string of the molecule is CCCc1ccc(-c2ccc(C(=O)N3CCS(=O)(=O)[C@H]3C(=O)NO)cc2)cc1. The first-order valence-corrected chi connectivity index (χ1v) is 10.7. The second-order valence-corrected chi connectivity index (χ2v) is 8.90. The van der Waals surface area contributed by atoms with Crippen LogP contribution in [-0.2, 0) is 21.1 Å². The van der Waals surface area contributed by atoms with E-state index in [1.165, 1.54) is 11.0 Å². The lowest BCUT2D eigenvalue weighted by Crippen LogP contribution is -2.47. The summed E-state index contributed by atoms with van der Waals surface area (Å²) in [7, 11) is -3.83. The summed E-state index contributed by atoms with van der Waals surface area (Å²) < 4.78 is 24.1. The van der Waals surface area contributed by atoms with Crippen LogP contribution >= 0.6 is 0 Å². The Hall–Kier alpha value is -2.71. The normalized spacial score (nSPS) is 18.1. The lowest BCUT2D eigenvalue weighted by Gasteiger charge is -2.21. The largest absolute Gasteiger partial charge is 0.313 e. The van der Waals surface area contributed by atoms with Crippen molar-refractivity contribution in [2.75, 3.05) is 12.3 Å². The molecule has 0 aromatic heterocycles. The molecule has 0 bridgehead atoms. The van der Waals surface area contributed by atoms with Gasteiger partial charge in [-0.3, -0.25) is 14.8 Å². The molecule has 2 N–H and O–H groups in total. The number of hydroxylamine groups is 1. The van der Waals surface area contributed by atoms with Crippen molar-refractivity contribution < 1.29 is 23.2 Å². The number of carbonyl (C=O) groups is 2. The van der Waals surface area contributed by atoms with Gasteiger partial charge in [0.2, 0.25) is 5.37 Å². The Morgan fingerprint density at radius 2 is 1.64 bits per heavy atom. The molecule has 7 nitrogen and oxygen atoms in total. The van der Waals surface area contributed by atoms with Gasteiger partial charge in [0.1, 0.15) is 0 Å². The second kappa shape index (κ2) is 8.12. The third-order valence-electron chi connectivity index (χ3n) is 4.79. The van der Waals surface area contributed by atoms with Crippen LogP contribution in [0.3, 0.4) is 0 Å². The van der Waals surface area contributed by atoms with Crippen molar-refractivity contribution in [3.05, 3.63) is 59.7 Å². The molecular formula is C20H22N2O5S. The number of amides is 2. The van der Waals surface area contributed by atoms with E-state index in [2.05, 4.69) is 19.1 Å². The van der Waals surface area contributed by atoms with Crippen LogP contribution in [0.4, 0.5) is 0 Å². The Labute approximate surface area is 163 Å². The highest BCUT2D eigenvalue weighted by atomic mass is 32.2. The van der Waals surface area contributed by atoms with Crippen LogP contribution in [0, 0.1) is 0 Å². The Morgan fingerprint density at radius 1 is 1.07 bits per heavy atom. The molecule has 1 heterocycles. The molecule has 1 atom stereocenters. The van der Waals surface area contributed by atoms with E-state index in [1.54, 1.807) is 24.3 Å². The number of hydrogen-bond acceptors (Lipinski definition) is 5. The molecule has 3 rings (SSSR count). The van der Waals surface area contributed by atoms with Gasteiger partial charge in [0.15, 0.2) is 9.84 Å². The minimum atomic E-state index is -3.83. The number of sulfone groups is 1. The number of aryl methyl sites for hydroxylation is 1. The fourth-order valence-corrected chi connectivity index (χ4v) is 4.98. The summed E-state index contributed by atoms with van der Waals surface area (Å²) in [5.41, 5.74) is 4.82. The summed E-state index contributed by atoms with van der Waals surface area (Å²) >= 11 is 0. The van der Waals surface area contributed by atoms with Crippen molar-refractivity contribution in [2.45, 2.75) is 25.1 Å². The predicted octanol–water partition coefficient (Wildman–Crippen LogP) is 2.01. The Balaban J connectivity index is 1.81. The minimum Gasteiger partial charge on any atom is -0.313 e. The minimum absolute atomic E-state index is 0.0973. The van der Waals surface area contributed by atoms with Crippen LogP contribution in [0.1, 0.15) is 29.3 Å². The highest BCUT2D eigenvalue weighted by molar-refractivity contribution is 7.93. The van der Waals surface area contributed by atoms with Gasteiger partial charge in [0.05, 0.1) is 5.75 Å². The van der Waals surface area contributed by atoms with Crippen molar-refractivity contribution in [1.82, 2.24) is 10.4 Å². The molecule has 0 spiro atoms. The molecule has 0 radical (unpaired) electrons. The van der Waals surface area contributed by atoms with Crippen molar-refractivity contribution in [3.8, 4) is 11.1 Å². The maximum atomic E-state index is 12.7. The van der Waals surface area contributed by atoms with Crippen LogP contribution in [-0.4, -0.2) is 48.0 Å². The molecule has 28 heavy (non-hydrogen) atoms. The van der Waals surface area contributed by atoms with Crippen molar-refractivity contribution in [2.24, 2.45) is 0 Å². The molecular weight excluding hydrogens is 380 g/mol. The Morgan fingerprint density at radius 3 is 2.18 bits per heavy atom. The molecule has 0 saturated carbocycles. The van der Waals surface area contributed by atoms with Crippen molar-refractivity contribution >= 4 is 21.7 Å². The monoisotopic (exact) mass is 402 g/mol. The van der Waals surface area contributed by atoms with Gasteiger partial charge in [-0.25, -0.2) is 13.9 Å². The van der Waals surface area contributed by atoms with Gasteiger partial charge >= 0.3 is 0 Å². The third-order valence-corrected chi connectivity index (χ3v) is 6.69. The predicted molar refractivity (Wildman–Crippen MR) is 104 cm³/mol. The van der Waals surface area contributed by atoms with Crippen LogP contribution in [0.25, 0.3) is 11.1 Å². The quantitative estimate of drug-likeness (QED) is 0.588. The molecule has 148 valence electrons. The lowest BCUT2D eigenvalue weighted by molar-refractivity contribution is -0.131. The Bertz CT molecular complexity index is 969. The first kappa shape index (κ1) is 20.0. The van der Waals surface area contributed by atoms with E-state index in [9.17, 15) is 18.0 Å². The van der Waals surface area contributed by atoms with E-state index in [0.717, 1.165) is 28.9 Å². The average molecular weight is 402 g/mol. The van der Waals surface area contributed by atoms with E-state index < -0.39 is 27.0 Å². The first-order chi connectivity index (χ1) is 13.4. The van der Waals surface area contributed by atoms with E-state index in [4.69, 9.17) is 5.21 Å². The smallest absolute Gasteiger partial charge is 0.281 e. The number of rotatable bonds is 5. The summed E-state index contributed by atoms with van der Waals surface area (Å²) in [6, 6.07) is 15.0. The van der Waals surface area contributed by atoms with E-state index >= 15 is 0 Å². The summed E-state index contributed by atoms with van der Waals surface area (Å²) in [4.78, 5) is 25.5. The van der Waals surface area contributed by atoms with Gasteiger partial charge in [-0.05, 0) is 35.2 Å². The number of benzene rings is 2. The summed E-state index contributed by atoms with van der Waals surface area (Å²) in [5.74, 6) is -2.02. The lowest BCUT2D eigenvalue weighted by atomic mass is 10.0. The summed E-state index contributed by atoms with van der Waals surface area (Å²) in [6.07, 6.45) is 2.10. The zero-order valence-electron chi connectivity index (χ0n) is 15.5. The molecule has 1 fully saturated rings. The van der Waals surface area contributed by atoms with Gasteiger partial charge < -0.3 is 4.90 Å². The maximum Gasteiger partial charge on any atom is 0.281 e. The molecule has 0 unspecified atom stereocenters. The van der Waals surface area contributed by atoms with Crippen molar-refractivity contribution in [1.29, 1.82) is 0 Å². The summed E-state index contributed by atoms with van der Waals surface area (Å²) in [6.45, 7) is 2.03. The number of nitrogens with one attached hydrogen (secondary N) is 1. The van der Waals surface area contributed by atoms with Gasteiger partial charge in [-0.2, -0.15) is 0 Å². The van der Waals surface area contributed by atoms with Crippen LogP contribution in [0.5, 0.6) is 0 Å². The van der Waals surface area contributed by atoms with E-state index in [-0.39, 0.29) is 17.9 Å². The fourth-order valence-electron chi connectivity index (χ4n) is 3.34. The zero-order valence-corrected chi connectivity index (χ0v) is 16.3. The van der Waals surface area contributed by atoms with Crippen LogP contribution in [0.15, 0.2) is 48.5 Å². The van der Waals surface area contributed by atoms with Gasteiger partial charge in [-0.15, -0.1) is 0 Å². The first-order valence-electron chi connectivity index (χ1n) is 9.03. The van der Waals surface area contributed by atoms with Gasteiger partial charge in [0, 0.05) is 12.1 Å². The van der Waals surface area contributed by atoms with Crippen LogP contribution in [0.2, 0.25) is 0 Å². The van der Waals surface area contributed by atoms with Gasteiger partial charge in [-0.1, -0.05) is 49.7 Å². The molecule has 1 aliphatic heterocycles. The molecule has 0 aliphatic carbocycles. The van der Waals surface area contributed by atoms with E-state index in [1.807, 2.05) is 12.1 Å². The molecule has 2 aromatic rings. The summed E-state index contributed by atoms with van der Waals surface area (Å²) in [5, 5.41) is 7.10. The molecule has 1 aliphatic rings. The topological polar surface area (TPSA) is 104 Å². The highest BCUT2D eigenvalue weighted by Crippen LogP contribution is 2.24. The zero-order chi connectivity index (χ0) is 20.3. The maximum absolute atomic E-state index is 12.7. The third kappa shape index (κ3) is 3.93. The number of hydrogen-bond donors (Lipinski definition) is 2.